The van der Waals surface area contributed by atoms with E-state index in [0.717, 1.165) is 4.47 Å². The van der Waals surface area contributed by atoms with E-state index in [-0.39, 0.29) is 5.56 Å². The van der Waals surface area contributed by atoms with Gasteiger partial charge in [0, 0.05) is 9.86 Å². The summed E-state index contributed by atoms with van der Waals surface area (Å²) in [4.78, 5) is 14.7. The van der Waals surface area contributed by atoms with Crippen molar-refractivity contribution in [3.63, 3.8) is 0 Å². The molecule has 0 saturated carbocycles. The predicted octanol–water partition coefficient (Wildman–Crippen LogP) is 4.10. The quantitative estimate of drug-likeness (QED) is 0.720. The fourth-order valence-corrected chi connectivity index (χ4v) is 2.45. The number of halogens is 2. The monoisotopic (exact) mass is 317 g/mol. The van der Waals surface area contributed by atoms with Gasteiger partial charge in [-0.2, -0.15) is 0 Å². The molecule has 1 aromatic heterocycles. The number of rotatable bonds is 1. The molecule has 0 aliphatic heterocycles. The van der Waals surface area contributed by atoms with E-state index in [1.807, 2.05) is 6.07 Å². The normalized spacial score (nSPS) is 10.8. The molecular formula is C15H9BrFNO. The van der Waals surface area contributed by atoms with E-state index in [1.165, 1.54) is 0 Å². The van der Waals surface area contributed by atoms with E-state index >= 15 is 0 Å². The van der Waals surface area contributed by atoms with Gasteiger partial charge < -0.3 is 4.98 Å². The molecule has 0 saturated heterocycles. The van der Waals surface area contributed by atoms with Crippen molar-refractivity contribution in [2.45, 2.75) is 0 Å². The van der Waals surface area contributed by atoms with Gasteiger partial charge in [-0.15, -0.1) is 0 Å². The second-order valence-corrected chi connectivity index (χ2v) is 5.11. The molecule has 3 rings (SSSR count). The average Bonchev–Trinajstić information content (AvgIpc) is 2.41. The number of hydrogen-bond acceptors (Lipinski definition) is 1. The van der Waals surface area contributed by atoms with Crippen LogP contribution < -0.4 is 5.56 Å². The first-order chi connectivity index (χ1) is 9.16. The Hall–Kier alpha value is -1.94. The van der Waals surface area contributed by atoms with Crippen LogP contribution in [-0.2, 0) is 0 Å². The molecular weight excluding hydrogens is 309 g/mol. The number of pyridine rings is 1. The number of H-pyrrole nitrogens is 1. The highest BCUT2D eigenvalue weighted by atomic mass is 79.9. The van der Waals surface area contributed by atoms with Crippen LogP contribution in [0.1, 0.15) is 0 Å². The van der Waals surface area contributed by atoms with Gasteiger partial charge in [0.05, 0.1) is 11.1 Å². The molecule has 2 aromatic carbocycles. The maximum Gasteiger partial charge on any atom is 0.259 e. The summed E-state index contributed by atoms with van der Waals surface area (Å²) >= 11 is 3.31. The molecule has 0 radical (unpaired) electrons. The highest BCUT2D eigenvalue weighted by molar-refractivity contribution is 9.10. The first-order valence-corrected chi connectivity index (χ1v) is 6.52. The van der Waals surface area contributed by atoms with E-state index in [2.05, 4.69) is 20.9 Å². The summed E-state index contributed by atoms with van der Waals surface area (Å²) in [7, 11) is 0. The molecule has 0 aliphatic rings. The summed E-state index contributed by atoms with van der Waals surface area (Å²) in [6, 6.07) is 13.9. The summed E-state index contributed by atoms with van der Waals surface area (Å²) in [5, 5.41) is 0.396. The van der Waals surface area contributed by atoms with Crippen LogP contribution >= 0.6 is 15.9 Å². The summed E-state index contributed by atoms with van der Waals surface area (Å²) < 4.78 is 15.3. The van der Waals surface area contributed by atoms with Crippen molar-refractivity contribution < 1.29 is 4.39 Å². The Labute approximate surface area is 117 Å². The van der Waals surface area contributed by atoms with Crippen LogP contribution in [0.5, 0.6) is 0 Å². The summed E-state index contributed by atoms with van der Waals surface area (Å²) in [5.74, 6) is -0.494. The minimum atomic E-state index is -0.494. The van der Waals surface area contributed by atoms with Crippen LogP contribution in [-0.4, -0.2) is 4.98 Å². The van der Waals surface area contributed by atoms with Gasteiger partial charge in [0.2, 0.25) is 0 Å². The van der Waals surface area contributed by atoms with E-state index in [1.54, 1.807) is 42.5 Å². The smallest absolute Gasteiger partial charge is 0.259 e. The Morgan fingerprint density at radius 1 is 1.05 bits per heavy atom. The van der Waals surface area contributed by atoms with Crippen LogP contribution in [0.4, 0.5) is 4.39 Å². The number of aromatic nitrogens is 1. The largest absolute Gasteiger partial charge is 0.321 e. The summed E-state index contributed by atoms with van der Waals surface area (Å²) in [6.07, 6.45) is 0. The van der Waals surface area contributed by atoms with Gasteiger partial charge >= 0.3 is 0 Å². The maximum absolute atomic E-state index is 14.6. The Kier molecular flexibility index (Phi) is 2.95. The molecule has 19 heavy (non-hydrogen) atoms. The molecule has 4 heteroatoms. The van der Waals surface area contributed by atoms with E-state index < -0.39 is 11.4 Å². The SMILES string of the molecule is O=c1[nH]c2ccc(Br)cc2c(F)c1-c1ccccc1. The van der Waals surface area contributed by atoms with Gasteiger partial charge in [-0.05, 0) is 23.8 Å². The fourth-order valence-electron chi connectivity index (χ4n) is 2.09. The second-order valence-electron chi connectivity index (χ2n) is 4.20. The van der Waals surface area contributed by atoms with Crippen LogP contribution in [0, 0.1) is 5.82 Å². The molecule has 1 heterocycles. The first kappa shape index (κ1) is 12.1. The molecule has 0 spiro atoms. The third-order valence-corrected chi connectivity index (χ3v) is 3.47. The number of hydrogen-bond donors (Lipinski definition) is 1. The standard InChI is InChI=1S/C15H9BrFNO/c16-10-6-7-12-11(8-10)14(17)13(15(19)18-12)9-4-2-1-3-5-9/h1-8H,(H,18,19). The van der Waals surface area contributed by atoms with Crippen LogP contribution in [0.2, 0.25) is 0 Å². The highest BCUT2D eigenvalue weighted by Gasteiger charge is 2.14. The van der Waals surface area contributed by atoms with Gasteiger partial charge in [0.1, 0.15) is 5.82 Å². The molecule has 0 fully saturated rings. The third-order valence-electron chi connectivity index (χ3n) is 2.98. The maximum atomic E-state index is 14.6. The second kappa shape index (κ2) is 4.63. The molecule has 3 aromatic rings. The highest BCUT2D eigenvalue weighted by Crippen LogP contribution is 2.26. The minimum Gasteiger partial charge on any atom is -0.321 e. The lowest BCUT2D eigenvalue weighted by atomic mass is 10.0. The van der Waals surface area contributed by atoms with Gasteiger partial charge in [-0.3, -0.25) is 4.79 Å². The molecule has 94 valence electrons. The van der Waals surface area contributed by atoms with Crippen LogP contribution in [0.3, 0.4) is 0 Å². The van der Waals surface area contributed by atoms with Gasteiger partial charge in [-0.25, -0.2) is 4.39 Å². The molecule has 0 bridgehead atoms. The predicted molar refractivity (Wildman–Crippen MR) is 77.7 cm³/mol. The fraction of sp³-hybridized carbons (Fsp3) is 0. The van der Waals surface area contributed by atoms with E-state index in [4.69, 9.17) is 0 Å². The third kappa shape index (κ3) is 2.08. The molecule has 0 aliphatic carbocycles. The minimum absolute atomic E-state index is 0.0752. The Morgan fingerprint density at radius 3 is 2.53 bits per heavy atom. The van der Waals surface area contributed by atoms with Crippen molar-refractivity contribution in [2.75, 3.05) is 0 Å². The number of fused-ring (bicyclic) bond motifs is 1. The van der Waals surface area contributed by atoms with Crippen molar-refractivity contribution in [3.05, 3.63) is 69.2 Å². The van der Waals surface area contributed by atoms with Crippen molar-refractivity contribution in [3.8, 4) is 11.1 Å². The first-order valence-electron chi connectivity index (χ1n) is 5.73. The zero-order valence-electron chi connectivity index (χ0n) is 9.78. The lowest BCUT2D eigenvalue weighted by Gasteiger charge is -2.06. The van der Waals surface area contributed by atoms with Crippen LogP contribution in [0.25, 0.3) is 22.0 Å². The molecule has 2 nitrogen and oxygen atoms in total. The topological polar surface area (TPSA) is 32.9 Å². The lowest BCUT2D eigenvalue weighted by Crippen LogP contribution is -2.11. The molecule has 0 amide bonds. The number of nitrogens with one attached hydrogen (secondary N) is 1. The Balaban J connectivity index is 2.40. The van der Waals surface area contributed by atoms with E-state index in [9.17, 15) is 9.18 Å². The van der Waals surface area contributed by atoms with Gasteiger partial charge in [-0.1, -0.05) is 46.3 Å². The van der Waals surface area contributed by atoms with E-state index in [0.29, 0.717) is 16.5 Å². The zero-order valence-corrected chi connectivity index (χ0v) is 11.4. The van der Waals surface area contributed by atoms with Crippen LogP contribution in [0.15, 0.2) is 57.8 Å². The lowest BCUT2D eigenvalue weighted by molar-refractivity contribution is 0.640. The van der Waals surface area contributed by atoms with Crippen molar-refractivity contribution >= 4 is 26.8 Å². The van der Waals surface area contributed by atoms with Crippen molar-refractivity contribution in [1.29, 1.82) is 0 Å². The number of aromatic amines is 1. The zero-order chi connectivity index (χ0) is 13.4. The summed E-state index contributed by atoms with van der Waals surface area (Å²) in [5.41, 5.74) is 0.721. The van der Waals surface area contributed by atoms with Crippen molar-refractivity contribution in [2.24, 2.45) is 0 Å². The Bertz CT molecular complexity index is 811. The molecule has 1 N–H and O–H groups in total. The number of benzene rings is 2. The van der Waals surface area contributed by atoms with Gasteiger partial charge in [0.25, 0.3) is 5.56 Å². The van der Waals surface area contributed by atoms with Crippen molar-refractivity contribution in [1.82, 2.24) is 4.98 Å². The molecule has 0 unspecified atom stereocenters. The Morgan fingerprint density at radius 2 is 1.79 bits per heavy atom. The van der Waals surface area contributed by atoms with Gasteiger partial charge in [0.15, 0.2) is 0 Å². The summed E-state index contributed by atoms with van der Waals surface area (Å²) in [6.45, 7) is 0. The molecule has 0 atom stereocenters. The average molecular weight is 318 g/mol.